The van der Waals surface area contributed by atoms with Gasteiger partial charge in [-0.25, -0.2) is 0 Å². The van der Waals surface area contributed by atoms with Crippen LogP contribution in [0.4, 0.5) is 5.69 Å². The molecule has 1 aromatic rings. The number of hydrogen-bond acceptors (Lipinski definition) is 3. The number of nitrogens with one attached hydrogen (secondary N) is 1. The Hall–Kier alpha value is -1.78. The van der Waals surface area contributed by atoms with Gasteiger partial charge in [-0.05, 0) is 19.3 Å². The molecule has 5 heteroatoms. The SMILES string of the molecule is Nc1cnn(CC(=O)NC2CC=CCC2)c1. The molecule has 0 aromatic carbocycles. The number of carbonyl (C=O) groups is 1. The van der Waals surface area contributed by atoms with Crippen molar-refractivity contribution in [1.82, 2.24) is 15.1 Å². The van der Waals surface area contributed by atoms with Gasteiger partial charge in [0.05, 0.1) is 11.9 Å². The van der Waals surface area contributed by atoms with Crippen molar-refractivity contribution in [3.8, 4) is 0 Å². The van der Waals surface area contributed by atoms with Crippen molar-refractivity contribution in [3.05, 3.63) is 24.5 Å². The van der Waals surface area contributed by atoms with Gasteiger partial charge in [0.25, 0.3) is 0 Å². The van der Waals surface area contributed by atoms with Gasteiger partial charge in [-0.1, -0.05) is 12.2 Å². The van der Waals surface area contributed by atoms with E-state index in [1.807, 2.05) is 0 Å². The predicted octanol–water partition coefficient (Wildman–Crippen LogP) is 0.690. The third-order valence-electron chi connectivity index (χ3n) is 2.59. The molecule has 0 saturated heterocycles. The molecule has 1 aliphatic carbocycles. The molecule has 1 aliphatic rings. The largest absolute Gasteiger partial charge is 0.396 e. The maximum Gasteiger partial charge on any atom is 0.241 e. The van der Waals surface area contributed by atoms with Crippen LogP contribution < -0.4 is 11.1 Å². The number of nitrogen functional groups attached to an aromatic ring is 1. The fourth-order valence-electron chi connectivity index (χ4n) is 1.81. The summed E-state index contributed by atoms with van der Waals surface area (Å²) >= 11 is 0. The number of nitrogens with two attached hydrogens (primary N) is 1. The number of aromatic nitrogens is 2. The fourth-order valence-corrected chi connectivity index (χ4v) is 1.81. The lowest BCUT2D eigenvalue weighted by Gasteiger charge is -2.19. The summed E-state index contributed by atoms with van der Waals surface area (Å²) in [5.74, 6) is -0.0107. The van der Waals surface area contributed by atoms with Gasteiger partial charge in [-0.3, -0.25) is 9.48 Å². The first-order valence-electron chi connectivity index (χ1n) is 5.46. The molecule has 0 bridgehead atoms. The first-order valence-corrected chi connectivity index (χ1v) is 5.46. The molecule has 0 saturated carbocycles. The van der Waals surface area contributed by atoms with E-state index in [4.69, 9.17) is 5.73 Å². The Morgan fingerprint density at radius 3 is 3.12 bits per heavy atom. The molecule has 0 radical (unpaired) electrons. The number of hydrogen-bond donors (Lipinski definition) is 2. The number of amides is 1. The van der Waals surface area contributed by atoms with Gasteiger partial charge in [0.2, 0.25) is 5.91 Å². The van der Waals surface area contributed by atoms with Crippen LogP contribution in [0.1, 0.15) is 19.3 Å². The summed E-state index contributed by atoms with van der Waals surface area (Å²) in [5.41, 5.74) is 6.09. The zero-order chi connectivity index (χ0) is 11.4. The van der Waals surface area contributed by atoms with E-state index < -0.39 is 0 Å². The van der Waals surface area contributed by atoms with Crippen molar-refractivity contribution in [2.45, 2.75) is 31.8 Å². The zero-order valence-electron chi connectivity index (χ0n) is 9.10. The van der Waals surface area contributed by atoms with Crippen LogP contribution in [-0.4, -0.2) is 21.7 Å². The van der Waals surface area contributed by atoms with Crippen LogP contribution >= 0.6 is 0 Å². The summed E-state index contributed by atoms with van der Waals surface area (Å²) in [7, 11) is 0. The van der Waals surface area contributed by atoms with Crippen molar-refractivity contribution < 1.29 is 4.79 Å². The zero-order valence-corrected chi connectivity index (χ0v) is 9.10. The van der Waals surface area contributed by atoms with E-state index in [1.165, 1.54) is 6.20 Å². The van der Waals surface area contributed by atoms with E-state index in [9.17, 15) is 4.79 Å². The van der Waals surface area contributed by atoms with E-state index in [0.29, 0.717) is 5.69 Å². The van der Waals surface area contributed by atoms with Gasteiger partial charge in [-0.15, -0.1) is 0 Å². The summed E-state index contributed by atoms with van der Waals surface area (Å²) < 4.78 is 1.54. The average molecular weight is 220 g/mol. The van der Waals surface area contributed by atoms with Crippen molar-refractivity contribution >= 4 is 11.6 Å². The van der Waals surface area contributed by atoms with Crippen molar-refractivity contribution in [3.63, 3.8) is 0 Å². The minimum atomic E-state index is -0.0107. The highest BCUT2D eigenvalue weighted by Crippen LogP contribution is 2.10. The van der Waals surface area contributed by atoms with E-state index in [-0.39, 0.29) is 18.5 Å². The molecule has 5 nitrogen and oxygen atoms in total. The molecule has 1 aromatic heterocycles. The molecule has 1 amide bonds. The molecular weight excluding hydrogens is 204 g/mol. The molecule has 1 atom stereocenters. The van der Waals surface area contributed by atoms with E-state index in [2.05, 4.69) is 22.6 Å². The Bertz CT molecular complexity index is 396. The summed E-state index contributed by atoms with van der Waals surface area (Å²) in [6.07, 6.45) is 10.4. The third kappa shape index (κ3) is 2.85. The van der Waals surface area contributed by atoms with E-state index >= 15 is 0 Å². The minimum absolute atomic E-state index is 0.0107. The smallest absolute Gasteiger partial charge is 0.241 e. The summed E-state index contributed by atoms with van der Waals surface area (Å²) in [6.45, 7) is 0.234. The first-order chi connectivity index (χ1) is 7.74. The summed E-state index contributed by atoms with van der Waals surface area (Å²) in [5, 5.41) is 6.95. The topological polar surface area (TPSA) is 72.9 Å². The second-order valence-corrected chi connectivity index (χ2v) is 4.02. The predicted molar refractivity (Wildman–Crippen MR) is 61.6 cm³/mol. The maximum atomic E-state index is 11.7. The molecule has 1 unspecified atom stereocenters. The van der Waals surface area contributed by atoms with Crippen LogP contribution in [-0.2, 0) is 11.3 Å². The molecule has 2 rings (SSSR count). The molecule has 1 heterocycles. The molecular formula is C11H16N4O. The lowest BCUT2D eigenvalue weighted by molar-refractivity contribution is -0.122. The minimum Gasteiger partial charge on any atom is -0.396 e. The third-order valence-corrected chi connectivity index (χ3v) is 2.59. The molecule has 16 heavy (non-hydrogen) atoms. The van der Waals surface area contributed by atoms with Crippen LogP contribution in [0.15, 0.2) is 24.5 Å². The van der Waals surface area contributed by atoms with Crippen LogP contribution in [0.3, 0.4) is 0 Å². The van der Waals surface area contributed by atoms with Crippen LogP contribution in [0.2, 0.25) is 0 Å². The number of rotatable bonds is 3. The molecule has 3 N–H and O–H groups in total. The second kappa shape index (κ2) is 4.83. The number of carbonyl (C=O) groups excluding carboxylic acids is 1. The fraction of sp³-hybridized carbons (Fsp3) is 0.455. The highest BCUT2D eigenvalue weighted by Gasteiger charge is 2.13. The Balaban J connectivity index is 1.82. The first kappa shape index (κ1) is 10.7. The Kier molecular flexibility index (Phi) is 3.24. The molecule has 0 spiro atoms. The lowest BCUT2D eigenvalue weighted by atomic mass is 10.0. The van der Waals surface area contributed by atoms with Crippen LogP contribution in [0, 0.1) is 0 Å². The van der Waals surface area contributed by atoms with Crippen LogP contribution in [0.5, 0.6) is 0 Å². The lowest BCUT2D eigenvalue weighted by Crippen LogP contribution is -2.37. The highest BCUT2D eigenvalue weighted by molar-refractivity contribution is 5.76. The highest BCUT2D eigenvalue weighted by atomic mass is 16.2. The standard InChI is InChI=1S/C11H16N4O/c12-9-6-13-15(7-9)8-11(16)14-10-4-2-1-3-5-10/h1-2,6-7,10H,3-5,8,12H2,(H,14,16). The van der Waals surface area contributed by atoms with E-state index in [0.717, 1.165) is 19.3 Å². The van der Waals surface area contributed by atoms with Gasteiger partial charge < -0.3 is 11.1 Å². The summed E-state index contributed by atoms with van der Waals surface area (Å²) in [6, 6.07) is 0.269. The Labute approximate surface area is 94.3 Å². The number of nitrogens with zero attached hydrogens (tertiary/aromatic N) is 2. The van der Waals surface area contributed by atoms with Crippen molar-refractivity contribution in [2.24, 2.45) is 0 Å². The molecule has 0 aliphatic heterocycles. The number of anilines is 1. The second-order valence-electron chi connectivity index (χ2n) is 4.02. The molecule has 86 valence electrons. The normalized spacial score (nSPS) is 19.6. The van der Waals surface area contributed by atoms with Crippen LogP contribution in [0.25, 0.3) is 0 Å². The number of allylic oxidation sites excluding steroid dienone is 1. The van der Waals surface area contributed by atoms with Crippen molar-refractivity contribution in [2.75, 3.05) is 5.73 Å². The maximum absolute atomic E-state index is 11.7. The summed E-state index contributed by atoms with van der Waals surface area (Å²) in [4.78, 5) is 11.7. The van der Waals surface area contributed by atoms with Gasteiger partial charge in [0.15, 0.2) is 0 Å². The van der Waals surface area contributed by atoms with E-state index in [1.54, 1.807) is 10.9 Å². The Morgan fingerprint density at radius 2 is 2.50 bits per heavy atom. The van der Waals surface area contributed by atoms with Gasteiger partial charge in [0.1, 0.15) is 6.54 Å². The Morgan fingerprint density at radius 1 is 1.62 bits per heavy atom. The van der Waals surface area contributed by atoms with Gasteiger partial charge in [0, 0.05) is 12.2 Å². The van der Waals surface area contributed by atoms with Gasteiger partial charge in [-0.2, -0.15) is 5.10 Å². The van der Waals surface area contributed by atoms with Gasteiger partial charge >= 0.3 is 0 Å². The average Bonchev–Trinajstić information content (AvgIpc) is 2.65. The monoisotopic (exact) mass is 220 g/mol. The quantitative estimate of drug-likeness (QED) is 0.736. The molecule has 0 fully saturated rings. The van der Waals surface area contributed by atoms with Crippen molar-refractivity contribution in [1.29, 1.82) is 0 Å².